The second kappa shape index (κ2) is 6.02. The van der Waals surface area contributed by atoms with E-state index in [9.17, 15) is 0 Å². The van der Waals surface area contributed by atoms with Crippen LogP contribution in [0.2, 0.25) is 10.0 Å². The number of rotatable bonds is 4. The number of benzene rings is 1. The van der Waals surface area contributed by atoms with Crippen molar-refractivity contribution < 1.29 is 0 Å². The largest absolute Gasteiger partial charge is 0.313 e. The van der Waals surface area contributed by atoms with Gasteiger partial charge in [-0.1, -0.05) is 29.3 Å². The van der Waals surface area contributed by atoms with Gasteiger partial charge in [0, 0.05) is 33.6 Å². The van der Waals surface area contributed by atoms with E-state index >= 15 is 0 Å². The van der Waals surface area contributed by atoms with E-state index in [0.717, 1.165) is 22.7 Å². The van der Waals surface area contributed by atoms with Crippen LogP contribution in [0.3, 0.4) is 0 Å². The fraction of sp³-hybridized carbons (Fsp3) is 0.308. The van der Waals surface area contributed by atoms with E-state index in [1.165, 1.54) is 0 Å². The molecular weight excluding hydrogens is 287 g/mol. The first-order valence-corrected chi connectivity index (χ1v) is 7.27. The van der Waals surface area contributed by atoms with Crippen LogP contribution < -0.4 is 5.32 Å². The van der Waals surface area contributed by atoms with Crippen LogP contribution >= 0.6 is 34.5 Å². The Kier molecular flexibility index (Phi) is 4.62. The predicted molar refractivity (Wildman–Crippen MR) is 78.8 cm³/mol. The van der Waals surface area contributed by atoms with Gasteiger partial charge in [-0.15, -0.1) is 11.3 Å². The Morgan fingerprint density at radius 1 is 1.39 bits per heavy atom. The lowest BCUT2D eigenvalue weighted by Gasteiger charge is -2.17. The number of nitrogens with one attached hydrogen (secondary N) is 1. The molecule has 0 aliphatic carbocycles. The second-order valence-corrected chi connectivity index (χ2v) is 5.88. The van der Waals surface area contributed by atoms with Crippen molar-refractivity contribution in [3.05, 3.63) is 49.9 Å². The molecule has 5 heteroatoms. The zero-order valence-electron chi connectivity index (χ0n) is 10.2. The molecule has 96 valence electrons. The molecular formula is C13H14Cl2N2S. The van der Waals surface area contributed by atoms with Gasteiger partial charge in [0.05, 0.1) is 5.01 Å². The summed E-state index contributed by atoms with van der Waals surface area (Å²) in [5, 5.41) is 7.79. The maximum atomic E-state index is 6.23. The third-order valence-corrected chi connectivity index (χ3v) is 4.28. The topological polar surface area (TPSA) is 24.9 Å². The lowest BCUT2D eigenvalue weighted by molar-refractivity contribution is 0.590. The molecule has 0 aliphatic heterocycles. The standard InChI is InChI=1S/C13H14Cl2N2S/c1-8-7-18-13(17-8)6-12(16-2)10-4-3-9(14)5-11(10)15/h3-5,7,12,16H,6H2,1-2H3. The lowest BCUT2D eigenvalue weighted by atomic mass is 10.0. The predicted octanol–water partition coefficient (Wildman–Crippen LogP) is 4.26. The van der Waals surface area contributed by atoms with Crippen molar-refractivity contribution in [3.63, 3.8) is 0 Å². The summed E-state index contributed by atoms with van der Waals surface area (Å²) < 4.78 is 0. The van der Waals surface area contributed by atoms with Crippen LogP contribution in [0.25, 0.3) is 0 Å². The summed E-state index contributed by atoms with van der Waals surface area (Å²) >= 11 is 13.8. The highest BCUT2D eigenvalue weighted by Gasteiger charge is 2.15. The molecule has 0 radical (unpaired) electrons. The Morgan fingerprint density at radius 3 is 2.72 bits per heavy atom. The van der Waals surface area contributed by atoms with Crippen LogP contribution in [-0.2, 0) is 6.42 Å². The fourth-order valence-corrected chi connectivity index (χ4v) is 3.18. The molecule has 0 bridgehead atoms. The fourth-order valence-electron chi connectivity index (χ4n) is 1.82. The molecule has 0 aliphatic rings. The van der Waals surface area contributed by atoms with Crippen molar-refractivity contribution in [2.75, 3.05) is 7.05 Å². The second-order valence-electron chi connectivity index (χ2n) is 4.09. The Balaban J connectivity index is 2.22. The van der Waals surface area contributed by atoms with Crippen molar-refractivity contribution in [3.8, 4) is 0 Å². The van der Waals surface area contributed by atoms with Crippen molar-refractivity contribution in [1.82, 2.24) is 10.3 Å². The first kappa shape index (κ1) is 13.8. The van der Waals surface area contributed by atoms with Gasteiger partial charge < -0.3 is 5.32 Å². The van der Waals surface area contributed by atoms with Gasteiger partial charge in [-0.3, -0.25) is 0 Å². The van der Waals surface area contributed by atoms with Crippen LogP contribution in [0.4, 0.5) is 0 Å². The molecule has 2 nitrogen and oxygen atoms in total. The quantitative estimate of drug-likeness (QED) is 0.912. The monoisotopic (exact) mass is 300 g/mol. The molecule has 0 fully saturated rings. The van der Waals surface area contributed by atoms with Gasteiger partial charge in [-0.05, 0) is 31.7 Å². The normalized spacial score (nSPS) is 12.7. The van der Waals surface area contributed by atoms with Crippen molar-refractivity contribution in [2.24, 2.45) is 0 Å². The van der Waals surface area contributed by atoms with E-state index in [-0.39, 0.29) is 6.04 Å². The Hall–Kier alpha value is -0.610. The Labute approximate surface area is 121 Å². The third kappa shape index (κ3) is 3.23. The first-order valence-electron chi connectivity index (χ1n) is 5.63. The van der Waals surface area contributed by atoms with Crippen LogP contribution in [0, 0.1) is 6.92 Å². The number of thiazole rings is 1. The van der Waals surface area contributed by atoms with E-state index in [1.54, 1.807) is 17.4 Å². The van der Waals surface area contributed by atoms with E-state index < -0.39 is 0 Å². The highest BCUT2D eigenvalue weighted by atomic mass is 35.5. The molecule has 1 heterocycles. The third-order valence-electron chi connectivity index (χ3n) is 2.73. The SMILES string of the molecule is CNC(Cc1nc(C)cs1)c1ccc(Cl)cc1Cl. The molecule has 18 heavy (non-hydrogen) atoms. The van der Waals surface area contributed by atoms with E-state index in [2.05, 4.69) is 15.7 Å². The molecule has 1 N–H and O–H groups in total. The minimum atomic E-state index is 0.153. The van der Waals surface area contributed by atoms with Crippen molar-refractivity contribution in [1.29, 1.82) is 0 Å². The van der Waals surface area contributed by atoms with Gasteiger partial charge in [0.1, 0.15) is 0 Å². The number of aromatic nitrogens is 1. The number of halogens is 2. The smallest absolute Gasteiger partial charge is 0.0947 e. The van der Waals surface area contributed by atoms with E-state index in [4.69, 9.17) is 23.2 Å². The number of aryl methyl sites for hydroxylation is 1. The maximum absolute atomic E-state index is 6.23. The molecule has 0 spiro atoms. The Bertz CT molecular complexity index is 540. The molecule has 0 saturated heterocycles. The number of likely N-dealkylation sites (N-methyl/N-ethyl adjacent to an activating group) is 1. The van der Waals surface area contributed by atoms with E-state index in [1.807, 2.05) is 26.1 Å². The van der Waals surface area contributed by atoms with Gasteiger partial charge in [0.15, 0.2) is 0 Å². The zero-order chi connectivity index (χ0) is 13.1. The highest BCUT2D eigenvalue weighted by molar-refractivity contribution is 7.09. The summed E-state index contributed by atoms with van der Waals surface area (Å²) in [5.74, 6) is 0. The van der Waals surface area contributed by atoms with Crippen LogP contribution in [0.1, 0.15) is 22.3 Å². The summed E-state index contributed by atoms with van der Waals surface area (Å²) in [6.07, 6.45) is 0.830. The number of hydrogen-bond acceptors (Lipinski definition) is 3. The molecule has 1 atom stereocenters. The molecule has 0 amide bonds. The van der Waals surface area contributed by atoms with E-state index in [0.29, 0.717) is 10.0 Å². The number of nitrogens with zero attached hydrogens (tertiary/aromatic N) is 1. The summed E-state index contributed by atoms with van der Waals surface area (Å²) in [6.45, 7) is 2.00. The maximum Gasteiger partial charge on any atom is 0.0947 e. The van der Waals surface area contributed by atoms with Gasteiger partial charge in [-0.25, -0.2) is 4.98 Å². The summed E-state index contributed by atoms with van der Waals surface area (Å²) in [4.78, 5) is 4.48. The van der Waals surface area contributed by atoms with Crippen LogP contribution in [0.15, 0.2) is 23.6 Å². The lowest BCUT2D eigenvalue weighted by Crippen LogP contribution is -2.19. The minimum Gasteiger partial charge on any atom is -0.313 e. The molecule has 0 saturated carbocycles. The summed E-state index contributed by atoms with van der Waals surface area (Å²) in [6, 6.07) is 5.75. The van der Waals surface area contributed by atoms with Gasteiger partial charge in [-0.2, -0.15) is 0 Å². The molecule has 1 unspecified atom stereocenters. The molecule has 1 aromatic carbocycles. The van der Waals surface area contributed by atoms with Crippen molar-refractivity contribution >= 4 is 34.5 Å². The number of hydrogen-bond donors (Lipinski definition) is 1. The van der Waals surface area contributed by atoms with Crippen LogP contribution in [0.5, 0.6) is 0 Å². The minimum absolute atomic E-state index is 0.153. The molecule has 2 aromatic rings. The van der Waals surface area contributed by atoms with Gasteiger partial charge in [0.25, 0.3) is 0 Å². The van der Waals surface area contributed by atoms with Gasteiger partial charge in [0.2, 0.25) is 0 Å². The average Bonchev–Trinajstić information content (AvgIpc) is 2.72. The Morgan fingerprint density at radius 2 is 2.17 bits per heavy atom. The zero-order valence-corrected chi connectivity index (χ0v) is 12.5. The molecule has 2 rings (SSSR count). The van der Waals surface area contributed by atoms with Crippen LogP contribution in [-0.4, -0.2) is 12.0 Å². The first-order chi connectivity index (χ1) is 8.60. The summed E-state index contributed by atoms with van der Waals surface area (Å²) in [5.41, 5.74) is 2.11. The van der Waals surface area contributed by atoms with Gasteiger partial charge >= 0.3 is 0 Å². The average molecular weight is 301 g/mol. The van der Waals surface area contributed by atoms with Crippen molar-refractivity contribution in [2.45, 2.75) is 19.4 Å². The summed E-state index contributed by atoms with van der Waals surface area (Å²) in [7, 11) is 1.93. The molecule has 1 aromatic heterocycles. The highest BCUT2D eigenvalue weighted by Crippen LogP contribution is 2.28.